The Labute approximate surface area is 174 Å². The van der Waals surface area contributed by atoms with E-state index in [0.717, 1.165) is 17.0 Å². The van der Waals surface area contributed by atoms with Crippen LogP contribution in [0.5, 0.6) is 0 Å². The number of amides is 2. The van der Waals surface area contributed by atoms with Gasteiger partial charge in [-0.25, -0.2) is 13.6 Å². The van der Waals surface area contributed by atoms with Crippen LogP contribution >= 0.6 is 0 Å². The molecule has 1 aromatic carbocycles. The van der Waals surface area contributed by atoms with Crippen LogP contribution in [-0.4, -0.2) is 63.8 Å². The zero-order chi connectivity index (χ0) is 22.4. The molecule has 0 aromatic heterocycles. The molecule has 2 heterocycles. The maximum absolute atomic E-state index is 14.8. The number of nitrogens with zero attached hydrogens (tertiary/aromatic N) is 2. The quantitative estimate of drug-likeness (QED) is 0.528. The average molecular weight is 445 g/mol. The van der Waals surface area contributed by atoms with Crippen molar-refractivity contribution in [2.45, 2.75) is 12.5 Å². The molecular weight excluding hydrogens is 426 g/mol. The Morgan fingerprint density at radius 3 is 2.35 bits per heavy atom. The summed E-state index contributed by atoms with van der Waals surface area (Å²) in [6, 6.07) is 1.98. The van der Waals surface area contributed by atoms with Gasteiger partial charge in [0, 0.05) is 25.2 Å². The fourth-order valence-electron chi connectivity index (χ4n) is 4.33. The molecule has 168 valence electrons. The van der Waals surface area contributed by atoms with Gasteiger partial charge in [0.15, 0.2) is 11.6 Å². The van der Waals surface area contributed by atoms with Gasteiger partial charge in [-0.05, 0) is 11.8 Å². The molecule has 2 unspecified atom stereocenters. The minimum Gasteiger partial charge on any atom is -0.469 e. The van der Waals surface area contributed by atoms with Crippen LogP contribution in [0.3, 0.4) is 0 Å². The molecular formula is C19H19F4N3O5. The number of esters is 1. The molecule has 1 aromatic rings. The van der Waals surface area contributed by atoms with Crippen molar-refractivity contribution in [1.29, 1.82) is 0 Å². The summed E-state index contributed by atoms with van der Waals surface area (Å²) in [6.45, 7) is 0.103. The Balaban J connectivity index is 1.42. The summed E-state index contributed by atoms with van der Waals surface area (Å²) >= 11 is 0. The first-order valence-electron chi connectivity index (χ1n) is 9.57. The molecule has 2 aliphatic heterocycles. The van der Waals surface area contributed by atoms with E-state index in [9.17, 15) is 31.9 Å². The summed E-state index contributed by atoms with van der Waals surface area (Å²) in [7, 11) is 1.30. The molecule has 1 saturated carbocycles. The van der Waals surface area contributed by atoms with Gasteiger partial charge < -0.3 is 19.7 Å². The highest BCUT2D eigenvalue weighted by atomic mass is 19.3. The molecule has 8 nitrogen and oxygen atoms in total. The number of hydrogen-bond donors (Lipinski definition) is 1. The van der Waals surface area contributed by atoms with E-state index in [1.165, 1.54) is 12.0 Å². The van der Waals surface area contributed by atoms with E-state index in [2.05, 4.69) is 0 Å². The van der Waals surface area contributed by atoms with E-state index in [4.69, 9.17) is 9.47 Å². The Morgan fingerprint density at radius 2 is 1.81 bits per heavy atom. The number of anilines is 2. The van der Waals surface area contributed by atoms with Gasteiger partial charge in [0.1, 0.15) is 11.8 Å². The lowest BCUT2D eigenvalue weighted by Crippen LogP contribution is -2.37. The minimum atomic E-state index is -3.21. The fourth-order valence-corrected chi connectivity index (χ4v) is 4.33. The van der Waals surface area contributed by atoms with E-state index < -0.39 is 36.2 Å². The van der Waals surface area contributed by atoms with Crippen molar-refractivity contribution in [3.63, 3.8) is 0 Å². The lowest BCUT2D eigenvalue weighted by molar-refractivity contribution is -0.142. The topological polar surface area (TPSA) is 88.2 Å². The molecule has 4 rings (SSSR count). The molecule has 0 radical (unpaired) electrons. The number of cyclic esters (lactones) is 1. The number of piperidine rings is 1. The summed E-state index contributed by atoms with van der Waals surface area (Å²) in [5.41, 5.74) is -0.337. The highest BCUT2D eigenvalue weighted by molar-refractivity contribution is 5.90. The Hall–Kier alpha value is -3.05. The fraction of sp³-hybridized carbons (Fsp3) is 0.526. The molecule has 3 fully saturated rings. The SMILES string of the molecule is COC(=O)C1C2CN(c3c(F)cc(N4C[C@H](CNC(=O)C(F)F)OC4=O)cc3F)CC21. The van der Waals surface area contributed by atoms with Gasteiger partial charge in [-0.2, -0.15) is 8.78 Å². The monoisotopic (exact) mass is 445 g/mol. The van der Waals surface area contributed by atoms with Crippen LogP contribution in [0, 0.1) is 29.4 Å². The van der Waals surface area contributed by atoms with E-state index >= 15 is 0 Å². The number of methoxy groups -OCH3 is 1. The molecule has 0 bridgehead atoms. The molecule has 3 atom stereocenters. The van der Waals surface area contributed by atoms with Gasteiger partial charge >= 0.3 is 18.5 Å². The summed E-state index contributed by atoms with van der Waals surface area (Å²) in [6.07, 6.45) is -5.06. The number of rotatable bonds is 6. The highest BCUT2D eigenvalue weighted by Crippen LogP contribution is 2.53. The van der Waals surface area contributed by atoms with Crippen LogP contribution in [0.2, 0.25) is 0 Å². The number of hydrogen-bond acceptors (Lipinski definition) is 6. The Morgan fingerprint density at radius 1 is 1.19 bits per heavy atom. The number of carbonyl (C=O) groups is 3. The van der Waals surface area contributed by atoms with Crippen LogP contribution in [-0.2, 0) is 19.1 Å². The van der Waals surface area contributed by atoms with Crippen molar-refractivity contribution < 1.29 is 41.4 Å². The summed E-state index contributed by atoms with van der Waals surface area (Å²) < 4.78 is 63.7. The van der Waals surface area contributed by atoms with Crippen LogP contribution in [0.1, 0.15) is 0 Å². The van der Waals surface area contributed by atoms with Gasteiger partial charge in [-0.15, -0.1) is 0 Å². The second kappa shape index (κ2) is 7.89. The van der Waals surface area contributed by atoms with Crippen LogP contribution in [0.25, 0.3) is 0 Å². The van der Waals surface area contributed by atoms with Crippen LogP contribution in [0.4, 0.5) is 33.7 Å². The van der Waals surface area contributed by atoms with Crippen molar-refractivity contribution in [1.82, 2.24) is 5.32 Å². The third-order valence-corrected chi connectivity index (χ3v) is 5.87. The Bertz CT molecular complexity index is 895. The first-order chi connectivity index (χ1) is 14.7. The van der Waals surface area contributed by atoms with E-state index in [-0.39, 0.29) is 48.2 Å². The first kappa shape index (κ1) is 21.2. The zero-order valence-electron chi connectivity index (χ0n) is 16.3. The maximum Gasteiger partial charge on any atom is 0.414 e. The predicted octanol–water partition coefficient (Wildman–Crippen LogP) is 1.53. The van der Waals surface area contributed by atoms with Crippen molar-refractivity contribution in [2.75, 3.05) is 43.1 Å². The van der Waals surface area contributed by atoms with Gasteiger partial charge in [-0.1, -0.05) is 0 Å². The molecule has 1 aliphatic carbocycles. The standard InChI is InChI=1S/C19H19F4N3O5/c1-30-18(28)14-10-6-25(7-11(10)14)15-12(20)2-8(3-13(15)21)26-5-9(31-19(26)29)4-24-17(27)16(22)23/h2-3,9-11,14,16H,4-7H2,1H3,(H,24,27)/t9-,10?,11?,14?/m0/s1. The first-order valence-corrected chi connectivity index (χ1v) is 9.57. The molecule has 31 heavy (non-hydrogen) atoms. The smallest absolute Gasteiger partial charge is 0.414 e. The van der Waals surface area contributed by atoms with Gasteiger partial charge in [0.25, 0.3) is 5.91 Å². The third-order valence-electron chi connectivity index (χ3n) is 5.87. The maximum atomic E-state index is 14.8. The van der Waals surface area contributed by atoms with Gasteiger partial charge in [0.2, 0.25) is 0 Å². The number of carbonyl (C=O) groups excluding carboxylic acids is 3. The minimum absolute atomic E-state index is 0.0105. The van der Waals surface area contributed by atoms with Crippen molar-refractivity contribution in [2.24, 2.45) is 17.8 Å². The van der Waals surface area contributed by atoms with Crippen LogP contribution in [0.15, 0.2) is 12.1 Å². The average Bonchev–Trinajstić information content (AvgIpc) is 3.03. The largest absolute Gasteiger partial charge is 0.469 e. The predicted molar refractivity (Wildman–Crippen MR) is 97.7 cm³/mol. The van der Waals surface area contributed by atoms with Gasteiger partial charge in [-0.3, -0.25) is 14.5 Å². The molecule has 2 saturated heterocycles. The van der Waals surface area contributed by atoms with Gasteiger partial charge in [0.05, 0.1) is 31.8 Å². The van der Waals surface area contributed by atoms with Crippen molar-refractivity contribution in [3.05, 3.63) is 23.8 Å². The van der Waals surface area contributed by atoms with E-state index in [1.54, 1.807) is 0 Å². The lowest BCUT2D eigenvalue weighted by Gasteiger charge is -2.24. The number of fused-ring (bicyclic) bond motifs is 1. The molecule has 12 heteroatoms. The highest BCUT2D eigenvalue weighted by Gasteiger charge is 2.60. The zero-order valence-corrected chi connectivity index (χ0v) is 16.3. The van der Waals surface area contributed by atoms with Crippen molar-refractivity contribution >= 4 is 29.3 Å². The second-order valence-electron chi connectivity index (χ2n) is 7.70. The molecule has 3 aliphatic rings. The number of ether oxygens (including phenoxy) is 2. The number of alkyl halides is 2. The number of halogens is 4. The molecule has 0 spiro atoms. The molecule has 1 N–H and O–H groups in total. The summed E-state index contributed by atoms with van der Waals surface area (Å²) in [5.74, 6) is -3.85. The summed E-state index contributed by atoms with van der Waals surface area (Å²) in [4.78, 5) is 37.1. The second-order valence-corrected chi connectivity index (χ2v) is 7.70. The lowest BCUT2D eigenvalue weighted by atomic mass is 10.2. The van der Waals surface area contributed by atoms with Crippen molar-refractivity contribution in [3.8, 4) is 0 Å². The normalized spacial score (nSPS) is 26.7. The third kappa shape index (κ3) is 3.86. The molecule has 2 amide bonds. The van der Waals surface area contributed by atoms with E-state index in [1.807, 2.05) is 5.32 Å². The van der Waals surface area contributed by atoms with E-state index in [0.29, 0.717) is 13.1 Å². The van der Waals surface area contributed by atoms with Crippen LogP contribution < -0.4 is 15.1 Å². The summed E-state index contributed by atoms with van der Waals surface area (Å²) in [5, 5.41) is 1.93. The Kier molecular flexibility index (Phi) is 5.40. The number of nitrogens with one attached hydrogen (secondary N) is 1. The number of benzene rings is 1.